The molecule has 1 aromatic rings. The fraction of sp³-hybridized carbons (Fsp3) is 0.417. The molecule has 0 N–H and O–H groups in total. The molecule has 86 valence electrons. The van der Waals surface area contributed by atoms with Gasteiger partial charge >= 0.3 is 0 Å². The Kier molecular flexibility index (Phi) is 3.77. The predicted octanol–water partition coefficient (Wildman–Crippen LogP) is 3.00. The van der Waals surface area contributed by atoms with Crippen molar-refractivity contribution < 1.29 is 4.79 Å². The third-order valence-electron chi connectivity index (χ3n) is 2.65. The summed E-state index contributed by atoms with van der Waals surface area (Å²) < 4.78 is 0. The standard InChI is InChI=1S/C12H14ClNOS/c1-9(8-13)12(15)14-6-7-16-11-5-3-2-4-10(11)14/h2-5,9H,6-8H2,1H3. The van der Waals surface area contributed by atoms with Gasteiger partial charge in [-0.3, -0.25) is 4.79 Å². The smallest absolute Gasteiger partial charge is 0.231 e. The maximum Gasteiger partial charge on any atom is 0.231 e. The summed E-state index contributed by atoms with van der Waals surface area (Å²) in [6.07, 6.45) is 0. The Hall–Kier alpha value is -0.670. The number of nitrogens with zero attached hydrogens (tertiary/aromatic N) is 1. The Balaban J connectivity index is 2.28. The van der Waals surface area contributed by atoms with Crippen LogP contribution >= 0.6 is 23.4 Å². The number of amides is 1. The van der Waals surface area contributed by atoms with E-state index < -0.39 is 0 Å². The number of benzene rings is 1. The molecule has 0 saturated heterocycles. The summed E-state index contributed by atoms with van der Waals surface area (Å²) in [6, 6.07) is 8.03. The van der Waals surface area contributed by atoms with E-state index >= 15 is 0 Å². The Morgan fingerprint density at radius 1 is 1.56 bits per heavy atom. The number of rotatable bonds is 2. The van der Waals surface area contributed by atoms with Gasteiger partial charge in [0.2, 0.25) is 5.91 Å². The van der Waals surface area contributed by atoms with Crippen LogP contribution in [0, 0.1) is 5.92 Å². The summed E-state index contributed by atoms with van der Waals surface area (Å²) in [6.45, 7) is 2.65. The average molecular weight is 256 g/mol. The van der Waals surface area contributed by atoms with Crippen molar-refractivity contribution in [3.8, 4) is 0 Å². The number of thioether (sulfide) groups is 1. The van der Waals surface area contributed by atoms with Crippen LogP contribution < -0.4 is 4.90 Å². The molecule has 0 aliphatic carbocycles. The molecule has 0 aromatic heterocycles. The van der Waals surface area contributed by atoms with Crippen LogP contribution in [0.15, 0.2) is 29.2 Å². The minimum absolute atomic E-state index is 0.113. The lowest BCUT2D eigenvalue weighted by Crippen LogP contribution is -2.39. The molecule has 1 aliphatic heterocycles. The highest BCUT2D eigenvalue weighted by Gasteiger charge is 2.25. The zero-order valence-electron chi connectivity index (χ0n) is 9.15. The minimum Gasteiger partial charge on any atom is -0.310 e. The average Bonchev–Trinajstić information content (AvgIpc) is 2.36. The van der Waals surface area contributed by atoms with E-state index in [-0.39, 0.29) is 11.8 Å². The van der Waals surface area contributed by atoms with Crippen LogP contribution in [0.3, 0.4) is 0 Å². The number of alkyl halides is 1. The van der Waals surface area contributed by atoms with Crippen LogP contribution in [0.5, 0.6) is 0 Å². The van der Waals surface area contributed by atoms with Gasteiger partial charge in [-0.05, 0) is 12.1 Å². The van der Waals surface area contributed by atoms with Gasteiger partial charge in [-0.25, -0.2) is 0 Å². The highest BCUT2D eigenvalue weighted by molar-refractivity contribution is 7.99. The molecule has 16 heavy (non-hydrogen) atoms. The maximum atomic E-state index is 12.1. The number of anilines is 1. The van der Waals surface area contributed by atoms with E-state index in [2.05, 4.69) is 6.07 Å². The molecular formula is C12H14ClNOS. The molecule has 1 aliphatic rings. The fourth-order valence-electron chi connectivity index (χ4n) is 1.73. The lowest BCUT2D eigenvalue weighted by atomic mass is 10.1. The summed E-state index contributed by atoms with van der Waals surface area (Å²) in [7, 11) is 0. The van der Waals surface area contributed by atoms with Crippen LogP contribution in [0.1, 0.15) is 6.92 Å². The molecular weight excluding hydrogens is 242 g/mol. The number of halogens is 1. The highest BCUT2D eigenvalue weighted by atomic mass is 35.5. The van der Waals surface area contributed by atoms with Crippen molar-refractivity contribution in [2.45, 2.75) is 11.8 Å². The molecule has 2 rings (SSSR count). The third kappa shape index (κ3) is 2.20. The molecule has 1 heterocycles. The molecule has 0 bridgehead atoms. The number of carbonyl (C=O) groups is 1. The fourth-order valence-corrected chi connectivity index (χ4v) is 2.86. The van der Waals surface area contributed by atoms with Crippen LogP contribution in [0.2, 0.25) is 0 Å². The van der Waals surface area contributed by atoms with Crippen molar-refractivity contribution in [3.63, 3.8) is 0 Å². The molecule has 0 spiro atoms. The van der Waals surface area contributed by atoms with E-state index in [4.69, 9.17) is 11.6 Å². The van der Waals surface area contributed by atoms with E-state index in [1.165, 1.54) is 4.90 Å². The van der Waals surface area contributed by atoms with Crippen molar-refractivity contribution in [1.82, 2.24) is 0 Å². The topological polar surface area (TPSA) is 20.3 Å². The SMILES string of the molecule is CC(CCl)C(=O)N1CCSc2ccccc21. The monoisotopic (exact) mass is 255 g/mol. The lowest BCUT2D eigenvalue weighted by molar-refractivity contribution is -0.121. The second kappa shape index (κ2) is 5.11. The maximum absolute atomic E-state index is 12.1. The van der Waals surface area contributed by atoms with Gasteiger partial charge in [0.25, 0.3) is 0 Å². The van der Waals surface area contributed by atoms with Crippen molar-refractivity contribution in [2.24, 2.45) is 5.92 Å². The Bertz CT molecular complexity index is 396. The second-order valence-corrected chi connectivity index (χ2v) is 5.31. The zero-order valence-corrected chi connectivity index (χ0v) is 10.7. The lowest BCUT2D eigenvalue weighted by Gasteiger charge is -2.30. The summed E-state index contributed by atoms with van der Waals surface area (Å²) in [5.41, 5.74) is 1.03. The largest absolute Gasteiger partial charge is 0.310 e. The van der Waals surface area contributed by atoms with Gasteiger partial charge in [0.05, 0.1) is 5.69 Å². The first-order valence-corrected chi connectivity index (χ1v) is 6.85. The van der Waals surface area contributed by atoms with Gasteiger partial charge in [-0.1, -0.05) is 19.1 Å². The van der Waals surface area contributed by atoms with Crippen LogP contribution in [-0.4, -0.2) is 24.1 Å². The van der Waals surface area contributed by atoms with Crippen LogP contribution in [0.25, 0.3) is 0 Å². The van der Waals surface area contributed by atoms with E-state index in [0.717, 1.165) is 18.0 Å². The molecule has 4 heteroatoms. The number of hydrogen-bond donors (Lipinski definition) is 0. The van der Waals surface area contributed by atoms with Gasteiger partial charge in [0, 0.05) is 29.0 Å². The van der Waals surface area contributed by atoms with E-state index in [0.29, 0.717) is 5.88 Å². The van der Waals surface area contributed by atoms with Gasteiger partial charge in [-0.15, -0.1) is 23.4 Å². The Morgan fingerprint density at radius 2 is 2.31 bits per heavy atom. The second-order valence-electron chi connectivity index (χ2n) is 3.86. The molecule has 0 radical (unpaired) electrons. The first-order valence-electron chi connectivity index (χ1n) is 5.33. The summed E-state index contributed by atoms with van der Waals surface area (Å²) in [5, 5.41) is 0. The van der Waals surface area contributed by atoms with Crippen LogP contribution in [-0.2, 0) is 4.79 Å². The van der Waals surface area contributed by atoms with E-state index in [1.54, 1.807) is 11.8 Å². The number of hydrogen-bond acceptors (Lipinski definition) is 2. The zero-order chi connectivity index (χ0) is 11.5. The summed E-state index contributed by atoms with van der Waals surface area (Å²) in [5.74, 6) is 1.35. The van der Waals surface area contributed by atoms with Crippen molar-refractivity contribution in [1.29, 1.82) is 0 Å². The summed E-state index contributed by atoms with van der Waals surface area (Å²) >= 11 is 7.54. The van der Waals surface area contributed by atoms with Crippen molar-refractivity contribution in [3.05, 3.63) is 24.3 Å². The predicted molar refractivity (Wildman–Crippen MR) is 69.4 cm³/mol. The summed E-state index contributed by atoms with van der Waals surface area (Å²) in [4.78, 5) is 15.2. The van der Waals surface area contributed by atoms with Gasteiger partial charge < -0.3 is 4.90 Å². The minimum atomic E-state index is -0.113. The Labute approximate surface area is 105 Å². The first-order chi connectivity index (χ1) is 7.74. The van der Waals surface area contributed by atoms with E-state index in [9.17, 15) is 4.79 Å². The first kappa shape index (κ1) is 11.8. The third-order valence-corrected chi connectivity index (χ3v) is 4.15. The highest BCUT2D eigenvalue weighted by Crippen LogP contribution is 2.34. The number of carbonyl (C=O) groups excluding carboxylic acids is 1. The van der Waals surface area contributed by atoms with Crippen molar-refractivity contribution >= 4 is 35.0 Å². The molecule has 0 saturated carbocycles. The normalized spacial score (nSPS) is 16.8. The van der Waals surface area contributed by atoms with Crippen molar-refractivity contribution in [2.75, 3.05) is 23.1 Å². The van der Waals surface area contributed by atoms with Gasteiger partial charge in [0.1, 0.15) is 0 Å². The molecule has 1 aromatic carbocycles. The van der Waals surface area contributed by atoms with Crippen LogP contribution in [0.4, 0.5) is 5.69 Å². The molecule has 0 fully saturated rings. The molecule has 1 atom stereocenters. The van der Waals surface area contributed by atoms with Gasteiger partial charge in [-0.2, -0.15) is 0 Å². The number of para-hydroxylation sites is 1. The quantitative estimate of drug-likeness (QED) is 0.758. The Morgan fingerprint density at radius 3 is 3.06 bits per heavy atom. The molecule has 2 nitrogen and oxygen atoms in total. The van der Waals surface area contributed by atoms with E-state index in [1.807, 2.05) is 30.0 Å². The molecule has 1 amide bonds. The molecule has 1 unspecified atom stereocenters. The number of fused-ring (bicyclic) bond motifs is 1. The van der Waals surface area contributed by atoms with Gasteiger partial charge in [0.15, 0.2) is 0 Å².